The minimum absolute atomic E-state index is 0.197. The average molecular weight is 294 g/mol. The van der Waals surface area contributed by atoms with Crippen LogP contribution in [0.3, 0.4) is 0 Å². The van der Waals surface area contributed by atoms with Crippen molar-refractivity contribution in [1.29, 1.82) is 0 Å². The summed E-state index contributed by atoms with van der Waals surface area (Å²) in [5.41, 5.74) is 6.50. The van der Waals surface area contributed by atoms with Gasteiger partial charge in [-0.05, 0) is 31.5 Å². The molecule has 0 bridgehead atoms. The Labute approximate surface area is 124 Å². The summed E-state index contributed by atoms with van der Waals surface area (Å²) >= 11 is 0. The summed E-state index contributed by atoms with van der Waals surface area (Å²) < 4.78 is 10.1. The van der Waals surface area contributed by atoms with Crippen molar-refractivity contribution in [1.82, 2.24) is 4.90 Å². The highest BCUT2D eigenvalue weighted by Crippen LogP contribution is 2.13. The molecule has 1 rings (SSSR count). The molecular weight excluding hydrogens is 272 g/mol. The minimum Gasteiger partial charge on any atom is -0.494 e. The van der Waals surface area contributed by atoms with Crippen molar-refractivity contribution in [2.45, 2.75) is 26.4 Å². The fraction of sp³-hybridized carbons (Fsp3) is 0.467. The molecule has 0 saturated carbocycles. The number of likely N-dealkylation sites (N-methyl/N-ethyl adjacent to an activating group) is 1. The van der Waals surface area contributed by atoms with Crippen molar-refractivity contribution in [2.75, 3.05) is 20.3 Å². The Bertz CT molecular complexity index is 473. The number of hydrogen-bond acceptors (Lipinski definition) is 5. The van der Waals surface area contributed by atoms with E-state index >= 15 is 0 Å². The SMILES string of the molecule is CCOC(=O)C(N)C(=O)N(C)Cc1ccc(OCC)cc1. The first kappa shape index (κ1) is 17.0. The van der Waals surface area contributed by atoms with E-state index in [1.807, 2.05) is 31.2 Å². The molecule has 0 aliphatic rings. The summed E-state index contributed by atoms with van der Waals surface area (Å²) in [6.45, 7) is 4.74. The molecule has 0 aliphatic carbocycles. The Morgan fingerprint density at radius 3 is 2.33 bits per heavy atom. The first-order valence-electron chi connectivity index (χ1n) is 6.88. The second-order valence-electron chi connectivity index (χ2n) is 4.50. The van der Waals surface area contributed by atoms with Crippen molar-refractivity contribution in [3.8, 4) is 5.75 Å². The molecule has 1 aromatic carbocycles. The summed E-state index contributed by atoms with van der Waals surface area (Å²) in [6, 6.07) is 6.12. The molecule has 0 fully saturated rings. The first-order valence-corrected chi connectivity index (χ1v) is 6.88. The third kappa shape index (κ3) is 5.07. The van der Waals surface area contributed by atoms with Crippen LogP contribution in [-0.2, 0) is 20.9 Å². The van der Waals surface area contributed by atoms with Gasteiger partial charge in [-0.1, -0.05) is 12.1 Å². The number of benzene rings is 1. The zero-order valence-corrected chi connectivity index (χ0v) is 12.7. The standard InChI is InChI=1S/C15H22N2O4/c1-4-20-12-8-6-11(7-9-12)10-17(3)14(18)13(16)15(19)21-5-2/h6-9,13H,4-5,10,16H2,1-3H3. The lowest BCUT2D eigenvalue weighted by Gasteiger charge is -2.20. The molecular formula is C15H22N2O4. The molecule has 6 heteroatoms. The maximum absolute atomic E-state index is 12.0. The molecule has 0 aromatic heterocycles. The summed E-state index contributed by atoms with van der Waals surface area (Å²) in [6.07, 6.45) is 0. The molecule has 1 aromatic rings. The maximum atomic E-state index is 12.0. The van der Waals surface area contributed by atoms with Gasteiger partial charge in [0.15, 0.2) is 6.04 Å². The summed E-state index contributed by atoms with van der Waals surface area (Å²) in [5, 5.41) is 0. The minimum atomic E-state index is -1.28. The summed E-state index contributed by atoms with van der Waals surface area (Å²) in [7, 11) is 1.60. The van der Waals surface area contributed by atoms with Crippen molar-refractivity contribution in [3.05, 3.63) is 29.8 Å². The predicted molar refractivity (Wildman–Crippen MR) is 78.7 cm³/mol. The lowest BCUT2D eigenvalue weighted by molar-refractivity contribution is -0.150. The Hall–Kier alpha value is -2.08. The van der Waals surface area contributed by atoms with Crippen molar-refractivity contribution >= 4 is 11.9 Å². The van der Waals surface area contributed by atoms with E-state index in [1.54, 1.807) is 14.0 Å². The molecule has 6 nitrogen and oxygen atoms in total. The fourth-order valence-electron chi connectivity index (χ4n) is 1.78. The van der Waals surface area contributed by atoms with E-state index in [9.17, 15) is 9.59 Å². The monoisotopic (exact) mass is 294 g/mol. The molecule has 0 heterocycles. The van der Waals surface area contributed by atoms with Crippen LogP contribution in [0.5, 0.6) is 5.75 Å². The Morgan fingerprint density at radius 1 is 1.19 bits per heavy atom. The molecule has 21 heavy (non-hydrogen) atoms. The van der Waals surface area contributed by atoms with Gasteiger partial charge < -0.3 is 20.1 Å². The zero-order chi connectivity index (χ0) is 15.8. The maximum Gasteiger partial charge on any atom is 0.332 e. The van der Waals surface area contributed by atoms with E-state index in [-0.39, 0.29) is 6.61 Å². The van der Waals surface area contributed by atoms with Crippen molar-refractivity contribution < 1.29 is 19.1 Å². The number of ether oxygens (including phenoxy) is 2. The smallest absolute Gasteiger partial charge is 0.332 e. The average Bonchev–Trinajstić information content (AvgIpc) is 2.48. The van der Waals surface area contributed by atoms with Crippen LogP contribution >= 0.6 is 0 Å². The highest BCUT2D eigenvalue weighted by atomic mass is 16.5. The third-order valence-corrected chi connectivity index (χ3v) is 2.84. The number of rotatable bonds is 7. The van der Waals surface area contributed by atoms with Gasteiger partial charge in [-0.3, -0.25) is 4.79 Å². The molecule has 0 radical (unpaired) electrons. The normalized spacial score (nSPS) is 11.6. The highest BCUT2D eigenvalue weighted by molar-refractivity contribution is 6.01. The number of amides is 1. The van der Waals surface area contributed by atoms with Crippen molar-refractivity contribution in [3.63, 3.8) is 0 Å². The van der Waals surface area contributed by atoms with Gasteiger partial charge in [-0.15, -0.1) is 0 Å². The number of hydrogen-bond donors (Lipinski definition) is 1. The summed E-state index contributed by atoms with van der Waals surface area (Å²) in [4.78, 5) is 24.9. The Morgan fingerprint density at radius 2 is 1.81 bits per heavy atom. The first-order chi connectivity index (χ1) is 9.99. The van der Waals surface area contributed by atoms with Gasteiger partial charge in [0.05, 0.1) is 13.2 Å². The van der Waals surface area contributed by atoms with Gasteiger partial charge in [-0.25, -0.2) is 4.79 Å². The van der Waals surface area contributed by atoms with Gasteiger partial charge in [0, 0.05) is 13.6 Å². The van der Waals surface area contributed by atoms with Crippen LogP contribution in [-0.4, -0.2) is 43.1 Å². The highest BCUT2D eigenvalue weighted by Gasteiger charge is 2.26. The zero-order valence-electron chi connectivity index (χ0n) is 12.7. The van der Waals surface area contributed by atoms with Crippen LogP contribution in [0.15, 0.2) is 24.3 Å². The molecule has 0 aliphatic heterocycles. The van der Waals surface area contributed by atoms with Gasteiger partial charge in [0.2, 0.25) is 0 Å². The van der Waals surface area contributed by atoms with E-state index in [4.69, 9.17) is 15.2 Å². The van der Waals surface area contributed by atoms with E-state index in [2.05, 4.69) is 0 Å². The molecule has 0 saturated heterocycles. The predicted octanol–water partition coefficient (Wildman–Crippen LogP) is 0.934. The lowest BCUT2D eigenvalue weighted by Crippen LogP contribution is -2.47. The largest absolute Gasteiger partial charge is 0.494 e. The molecule has 0 spiro atoms. The van der Waals surface area contributed by atoms with Gasteiger partial charge >= 0.3 is 5.97 Å². The second kappa shape index (κ2) is 8.26. The van der Waals surface area contributed by atoms with Crippen LogP contribution in [0.2, 0.25) is 0 Å². The van der Waals surface area contributed by atoms with E-state index in [0.717, 1.165) is 11.3 Å². The third-order valence-electron chi connectivity index (χ3n) is 2.84. The fourth-order valence-corrected chi connectivity index (χ4v) is 1.78. The number of carbonyl (C=O) groups is 2. The lowest BCUT2D eigenvalue weighted by atomic mass is 10.2. The Kier molecular flexibility index (Phi) is 6.68. The second-order valence-corrected chi connectivity index (χ2v) is 4.50. The van der Waals surface area contributed by atoms with Gasteiger partial charge in [0.25, 0.3) is 5.91 Å². The molecule has 116 valence electrons. The van der Waals surface area contributed by atoms with Crippen molar-refractivity contribution in [2.24, 2.45) is 5.73 Å². The van der Waals surface area contributed by atoms with Gasteiger partial charge in [0.1, 0.15) is 5.75 Å². The van der Waals surface area contributed by atoms with E-state index < -0.39 is 17.9 Å². The molecule has 1 amide bonds. The molecule has 1 unspecified atom stereocenters. The number of nitrogens with two attached hydrogens (primary N) is 1. The molecule has 1 atom stereocenters. The van der Waals surface area contributed by atoms with Crippen LogP contribution in [0, 0.1) is 0 Å². The van der Waals surface area contributed by atoms with Crippen LogP contribution in [0.25, 0.3) is 0 Å². The quantitative estimate of drug-likeness (QED) is 0.597. The van der Waals surface area contributed by atoms with E-state index in [0.29, 0.717) is 13.2 Å². The van der Waals surface area contributed by atoms with Crippen LogP contribution in [0.1, 0.15) is 19.4 Å². The number of carbonyl (C=O) groups excluding carboxylic acids is 2. The number of nitrogens with zero attached hydrogens (tertiary/aromatic N) is 1. The van der Waals surface area contributed by atoms with Crippen LogP contribution < -0.4 is 10.5 Å². The van der Waals surface area contributed by atoms with Crippen LogP contribution in [0.4, 0.5) is 0 Å². The molecule has 2 N–H and O–H groups in total. The Balaban J connectivity index is 2.61. The van der Waals surface area contributed by atoms with E-state index in [1.165, 1.54) is 4.90 Å². The number of esters is 1. The van der Waals surface area contributed by atoms with Gasteiger partial charge in [-0.2, -0.15) is 0 Å². The summed E-state index contributed by atoms with van der Waals surface area (Å²) in [5.74, 6) is -0.401. The topological polar surface area (TPSA) is 81.9 Å².